The highest BCUT2D eigenvalue weighted by atomic mass is 35.5. The Hall–Kier alpha value is -0.860. The Labute approximate surface area is 77.3 Å². The number of likely N-dealkylation sites (N-methyl/N-ethyl adjacent to an activating group) is 1. The van der Waals surface area contributed by atoms with Gasteiger partial charge in [0.2, 0.25) is 0 Å². The molecule has 1 rings (SSSR count). The van der Waals surface area contributed by atoms with Crippen molar-refractivity contribution in [3.8, 4) is 0 Å². The molecule has 0 saturated heterocycles. The number of nitrogens with zero attached hydrogens (tertiary/aromatic N) is 1. The monoisotopic (exact) mass is 182 g/mol. The Morgan fingerprint density at radius 1 is 1.67 bits per heavy atom. The SMILES string of the molecule is CNCC=Cc1cccnc1Cl. The van der Waals surface area contributed by atoms with Gasteiger partial charge in [-0.05, 0) is 13.1 Å². The molecule has 0 aliphatic heterocycles. The normalized spacial score (nSPS) is 10.8. The molecule has 0 amide bonds. The van der Waals surface area contributed by atoms with Crippen molar-refractivity contribution in [2.75, 3.05) is 13.6 Å². The summed E-state index contributed by atoms with van der Waals surface area (Å²) in [6.45, 7) is 0.839. The molecule has 0 fully saturated rings. The van der Waals surface area contributed by atoms with Crippen LogP contribution < -0.4 is 5.32 Å². The molecule has 0 aliphatic rings. The van der Waals surface area contributed by atoms with Crippen LogP contribution in [0.25, 0.3) is 6.08 Å². The average Bonchev–Trinajstić information content (AvgIpc) is 2.09. The zero-order chi connectivity index (χ0) is 8.81. The van der Waals surface area contributed by atoms with Crippen molar-refractivity contribution in [1.29, 1.82) is 0 Å². The van der Waals surface area contributed by atoms with Crippen LogP contribution in [0.5, 0.6) is 0 Å². The Bertz CT molecular complexity index is 271. The number of hydrogen-bond acceptors (Lipinski definition) is 2. The van der Waals surface area contributed by atoms with Gasteiger partial charge in [-0.1, -0.05) is 29.8 Å². The van der Waals surface area contributed by atoms with Crippen LogP contribution in [0, 0.1) is 0 Å². The fourth-order valence-electron chi connectivity index (χ4n) is 0.827. The lowest BCUT2D eigenvalue weighted by atomic mass is 10.2. The molecule has 64 valence electrons. The van der Waals surface area contributed by atoms with E-state index in [1.54, 1.807) is 6.20 Å². The van der Waals surface area contributed by atoms with Gasteiger partial charge in [0.25, 0.3) is 0 Å². The highest BCUT2D eigenvalue weighted by molar-refractivity contribution is 6.30. The van der Waals surface area contributed by atoms with Gasteiger partial charge in [-0.25, -0.2) is 4.98 Å². The summed E-state index contributed by atoms with van der Waals surface area (Å²) in [7, 11) is 1.90. The number of pyridine rings is 1. The van der Waals surface area contributed by atoms with Crippen molar-refractivity contribution in [3.05, 3.63) is 35.1 Å². The summed E-state index contributed by atoms with van der Waals surface area (Å²) in [5.74, 6) is 0. The van der Waals surface area contributed by atoms with Crippen molar-refractivity contribution in [2.24, 2.45) is 0 Å². The number of nitrogens with one attached hydrogen (secondary N) is 1. The lowest BCUT2D eigenvalue weighted by Gasteiger charge is -1.94. The van der Waals surface area contributed by atoms with Crippen LogP contribution in [0.2, 0.25) is 5.15 Å². The predicted octanol–water partition coefficient (Wildman–Crippen LogP) is 1.97. The third-order valence-corrected chi connectivity index (χ3v) is 1.72. The first-order chi connectivity index (χ1) is 5.84. The Balaban J connectivity index is 2.68. The second kappa shape index (κ2) is 4.91. The van der Waals surface area contributed by atoms with Crippen LogP contribution in [0.1, 0.15) is 5.56 Å². The van der Waals surface area contributed by atoms with Crippen LogP contribution in [-0.4, -0.2) is 18.6 Å². The second-order valence-electron chi connectivity index (χ2n) is 2.34. The molecule has 0 spiro atoms. The van der Waals surface area contributed by atoms with Crippen molar-refractivity contribution >= 4 is 17.7 Å². The molecule has 1 aromatic heterocycles. The van der Waals surface area contributed by atoms with Gasteiger partial charge in [0.05, 0.1) is 0 Å². The Kier molecular flexibility index (Phi) is 3.77. The van der Waals surface area contributed by atoms with E-state index in [2.05, 4.69) is 10.3 Å². The van der Waals surface area contributed by atoms with Crippen LogP contribution in [0.15, 0.2) is 24.4 Å². The van der Waals surface area contributed by atoms with Crippen LogP contribution in [-0.2, 0) is 0 Å². The molecule has 0 atom stereocenters. The minimum Gasteiger partial charge on any atom is -0.316 e. The highest BCUT2D eigenvalue weighted by Crippen LogP contribution is 2.12. The summed E-state index contributed by atoms with van der Waals surface area (Å²) < 4.78 is 0. The van der Waals surface area contributed by atoms with Crippen LogP contribution in [0.3, 0.4) is 0 Å². The van der Waals surface area contributed by atoms with E-state index in [0.717, 1.165) is 12.1 Å². The summed E-state index contributed by atoms with van der Waals surface area (Å²) in [6.07, 6.45) is 5.63. The number of hydrogen-bond donors (Lipinski definition) is 1. The maximum absolute atomic E-state index is 5.82. The number of rotatable bonds is 3. The number of aromatic nitrogens is 1. The molecule has 2 nitrogen and oxygen atoms in total. The third-order valence-electron chi connectivity index (χ3n) is 1.41. The molecule has 12 heavy (non-hydrogen) atoms. The van der Waals surface area contributed by atoms with Crippen LogP contribution in [0.4, 0.5) is 0 Å². The topological polar surface area (TPSA) is 24.9 Å². The van der Waals surface area contributed by atoms with E-state index < -0.39 is 0 Å². The summed E-state index contributed by atoms with van der Waals surface area (Å²) in [5.41, 5.74) is 0.953. The smallest absolute Gasteiger partial charge is 0.136 e. The molecule has 1 heterocycles. The molecule has 0 radical (unpaired) electrons. The lowest BCUT2D eigenvalue weighted by Crippen LogP contribution is -2.03. The highest BCUT2D eigenvalue weighted by Gasteiger charge is 1.92. The molecular weight excluding hydrogens is 172 g/mol. The molecule has 1 N–H and O–H groups in total. The molecule has 0 aliphatic carbocycles. The Morgan fingerprint density at radius 3 is 3.17 bits per heavy atom. The second-order valence-corrected chi connectivity index (χ2v) is 2.70. The van der Waals surface area contributed by atoms with Crippen LogP contribution >= 0.6 is 11.6 Å². The molecule has 0 unspecified atom stereocenters. The summed E-state index contributed by atoms with van der Waals surface area (Å²) in [5, 5.41) is 3.55. The third kappa shape index (κ3) is 2.64. The molecule has 3 heteroatoms. The van der Waals surface area contributed by atoms with Gasteiger partial charge in [0.15, 0.2) is 0 Å². The lowest BCUT2D eigenvalue weighted by molar-refractivity contribution is 0.922. The van der Waals surface area contributed by atoms with Crippen molar-refractivity contribution in [3.63, 3.8) is 0 Å². The zero-order valence-corrected chi connectivity index (χ0v) is 7.67. The van der Waals surface area contributed by atoms with Gasteiger partial charge in [-0.2, -0.15) is 0 Å². The van der Waals surface area contributed by atoms with E-state index >= 15 is 0 Å². The van der Waals surface area contributed by atoms with Gasteiger partial charge < -0.3 is 5.32 Å². The quantitative estimate of drug-likeness (QED) is 0.724. The van der Waals surface area contributed by atoms with Crippen molar-refractivity contribution in [1.82, 2.24) is 10.3 Å². The molecular formula is C9H11ClN2. The fraction of sp³-hybridized carbons (Fsp3) is 0.222. The fourth-order valence-corrected chi connectivity index (χ4v) is 1.01. The first-order valence-electron chi connectivity index (χ1n) is 3.76. The van der Waals surface area contributed by atoms with E-state index in [9.17, 15) is 0 Å². The zero-order valence-electron chi connectivity index (χ0n) is 6.92. The average molecular weight is 183 g/mol. The van der Waals surface area contributed by atoms with E-state index in [4.69, 9.17) is 11.6 Å². The molecule has 0 bridgehead atoms. The van der Waals surface area contributed by atoms with Gasteiger partial charge >= 0.3 is 0 Å². The minimum atomic E-state index is 0.546. The van der Waals surface area contributed by atoms with E-state index in [1.807, 2.05) is 31.3 Å². The summed E-state index contributed by atoms with van der Waals surface area (Å²) >= 11 is 5.82. The van der Waals surface area contributed by atoms with Gasteiger partial charge in [-0.3, -0.25) is 0 Å². The summed E-state index contributed by atoms with van der Waals surface area (Å²) in [4.78, 5) is 3.95. The molecule has 0 aromatic carbocycles. The van der Waals surface area contributed by atoms with Gasteiger partial charge in [0, 0.05) is 18.3 Å². The van der Waals surface area contributed by atoms with Gasteiger partial charge in [0.1, 0.15) is 5.15 Å². The Morgan fingerprint density at radius 2 is 2.50 bits per heavy atom. The summed E-state index contributed by atoms with van der Waals surface area (Å²) in [6, 6.07) is 3.80. The largest absolute Gasteiger partial charge is 0.316 e. The number of halogens is 1. The van der Waals surface area contributed by atoms with E-state index in [0.29, 0.717) is 5.15 Å². The molecule has 0 saturated carbocycles. The van der Waals surface area contributed by atoms with E-state index in [-0.39, 0.29) is 0 Å². The first-order valence-corrected chi connectivity index (χ1v) is 4.14. The van der Waals surface area contributed by atoms with Crippen molar-refractivity contribution in [2.45, 2.75) is 0 Å². The maximum atomic E-state index is 5.82. The van der Waals surface area contributed by atoms with E-state index in [1.165, 1.54) is 0 Å². The molecule has 1 aromatic rings. The predicted molar refractivity (Wildman–Crippen MR) is 52.2 cm³/mol. The first kappa shape index (κ1) is 9.23. The standard InChI is InChI=1S/C9H11ClN2/c1-11-6-2-4-8-5-3-7-12-9(8)10/h2-5,7,11H,6H2,1H3. The maximum Gasteiger partial charge on any atom is 0.136 e. The minimum absolute atomic E-state index is 0.546. The van der Waals surface area contributed by atoms with Gasteiger partial charge in [-0.15, -0.1) is 0 Å². The van der Waals surface area contributed by atoms with Crippen molar-refractivity contribution < 1.29 is 0 Å².